The van der Waals surface area contributed by atoms with Gasteiger partial charge in [0.2, 0.25) is 0 Å². The standard InChI is InChI=1S/C18H15FN2O3/c1-10-14-8-5-12(19)9-15(14)21-16(10)17(22)20-13-6-3-11(4-7-13)18(23)24-2/h3-9,21H,1-2H3,(H,20,22). The summed E-state index contributed by atoms with van der Waals surface area (Å²) in [6.45, 7) is 1.80. The van der Waals surface area contributed by atoms with Crippen LogP contribution in [0.3, 0.4) is 0 Å². The Morgan fingerprint density at radius 2 is 1.83 bits per heavy atom. The number of aromatic nitrogens is 1. The van der Waals surface area contributed by atoms with Gasteiger partial charge in [-0.2, -0.15) is 0 Å². The molecule has 2 N–H and O–H groups in total. The Labute approximate surface area is 137 Å². The molecular weight excluding hydrogens is 311 g/mol. The van der Waals surface area contributed by atoms with Crippen LogP contribution in [-0.2, 0) is 4.74 Å². The fourth-order valence-corrected chi connectivity index (χ4v) is 2.54. The number of halogens is 1. The van der Waals surface area contributed by atoms with Crippen LogP contribution in [0.5, 0.6) is 0 Å². The normalized spacial score (nSPS) is 10.6. The first-order chi connectivity index (χ1) is 11.5. The van der Waals surface area contributed by atoms with Crippen molar-refractivity contribution in [1.82, 2.24) is 4.98 Å². The van der Waals surface area contributed by atoms with Gasteiger partial charge >= 0.3 is 5.97 Å². The maximum Gasteiger partial charge on any atom is 0.337 e. The number of hydrogen-bond donors (Lipinski definition) is 2. The van der Waals surface area contributed by atoms with Gasteiger partial charge in [-0.3, -0.25) is 4.79 Å². The van der Waals surface area contributed by atoms with Gasteiger partial charge in [0, 0.05) is 16.6 Å². The molecule has 0 fully saturated rings. The number of esters is 1. The van der Waals surface area contributed by atoms with E-state index >= 15 is 0 Å². The van der Waals surface area contributed by atoms with Crippen molar-refractivity contribution in [2.24, 2.45) is 0 Å². The zero-order valence-corrected chi connectivity index (χ0v) is 13.1. The van der Waals surface area contributed by atoms with E-state index in [0.717, 1.165) is 10.9 Å². The van der Waals surface area contributed by atoms with Crippen molar-refractivity contribution in [2.75, 3.05) is 12.4 Å². The third kappa shape index (κ3) is 2.86. The van der Waals surface area contributed by atoms with Crippen molar-refractivity contribution in [2.45, 2.75) is 6.92 Å². The number of methoxy groups -OCH3 is 1. The van der Waals surface area contributed by atoms with Gasteiger partial charge in [0.1, 0.15) is 11.5 Å². The number of hydrogen-bond acceptors (Lipinski definition) is 3. The van der Waals surface area contributed by atoms with Crippen molar-refractivity contribution < 1.29 is 18.7 Å². The second-order valence-corrected chi connectivity index (χ2v) is 5.34. The molecule has 0 aliphatic heterocycles. The Kier molecular flexibility index (Phi) is 4.04. The van der Waals surface area contributed by atoms with Crippen molar-refractivity contribution in [3.8, 4) is 0 Å². The fourth-order valence-electron chi connectivity index (χ4n) is 2.54. The van der Waals surface area contributed by atoms with E-state index < -0.39 is 5.97 Å². The number of ether oxygens (including phenoxy) is 1. The summed E-state index contributed by atoms with van der Waals surface area (Å²) in [7, 11) is 1.31. The highest BCUT2D eigenvalue weighted by atomic mass is 19.1. The molecule has 122 valence electrons. The smallest absolute Gasteiger partial charge is 0.337 e. The van der Waals surface area contributed by atoms with E-state index in [1.54, 1.807) is 37.3 Å². The molecule has 0 aliphatic rings. The number of anilines is 1. The first-order valence-electron chi connectivity index (χ1n) is 7.27. The molecule has 3 rings (SSSR count). The molecule has 0 saturated heterocycles. The van der Waals surface area contributed by atoms with E-state index in [1.807, 2.05) is 0 Å². The second kappa shape index (κ2) is 6.16. The van der Waals surface area contributed by atoms with Gasteiger partial charge in [-0.15, -0.1) is 0 Å². The predicted octanol–water partition coefficient (Wildman–Crippen LogP) is 3.65. The number of fused-ring (bicyclic) bond motifs is 1. The lowest BCUT2D eigenvalue weighted by Crippen LogP contribution is -2.13. The number of carbonyl (C=O) groups is 2. The van der Waals surface area contributed by atoms with Crippen molar-refractivity contribution in [3.63, 3.8) is 0 Å². The third-order valence-electron chi connectivity index (χ3n) is 3.81. The van der Waals surface area contributed by atoms with Gasteiger partial charge in [0.05, 0.1) is 12.7 Å². The molecule has 0 spiro atoms. The number of aromatic amines is 1. The molecule has 6 heteroatoms. The number of H-pyrrole nitrogens is 1. The zero-order chi connectivity index (χ0) is 17.3. The number of amides is 1. The molecule has 5 nitrogen and oxygen atoms in total. The quantitative estimate of drug-likeness (QED) is 0.722. The van der Waals surface area contributed by atoms with Crippen LogP contribution in [0, 0.1) is 12.7 Å². The summed E-state index contributed by atoms with van der Waals surface area (Å²) in [4.78, 5) is 26.8. The van der Waals surface area contributed by atoms with E-state index in [2.05, 4.69) is 15.0 Å². The Balaban J connectivity index is 1.85. The maximum absolute atomic E-state index is 13.3. The van der Waals surface area contributed by atoms with E-state index in [4.69, 9.17) is 0 Å². The number of nitrogens with one attached hydrogen (secondary N) is 2. The monoisotopic (exact) mass is 326 g/mol. The molecule has 0 aliphatic carbocycles. The highest BCUT2D eigenvalue weighted by molar-refractivity contribution is 6.08. The van der Waals surface area contributed by atoms with E-state index in [-0.39, 0.29) is 11.7 Å². The molecule has 1 heterocycles. The van der Waals surface area contributed by atoms with Gasteiger partial charge in [-0.25, -0.2) is 9.18 Å². The van der Waals surface area contributed by atoms with Crippen LogP contribution in [0.1, 0.15) is 26.4 Å². The first kappa shape index (κ1) is 15.7. The van der Waals surface area contributed by atoms with Crippen LogP contribution in [-0.4, -0.2) is 24.0 Å². The van der Waals surface area contributed by atoms with E-state index in [1.165, 1.54) is 19.2 Å². The largest absolute Gasteiger partial charge is 0.465 e. The molecule has 3 aromatic rings. The number of aryl methyl sites for hydroxylation is 1. The van der Waals surface area contributed by atoms with Crippen molar-refractivity contribution >= 4 is 28.5 Å². The van der Waals surface area contributed by atoms with Crippen LogP contribution in [0.2, 0.25) is 0 Å². The minimum absolute atomic E-state index is 0.338. The van der Waals surface area contributed by atoms with Gasteiger partial charge in [-0.1, -0.05) is 0 Å². The second-order valence-electron chi connectivity index (χ2n) is 5.34. The number of carbonyl (C=O) groups excluding carboxylic acids is 2. The highest BCUT2D eigenvalue weighted by Gasteiger charge is 2.15. The third-order valence-corrected chi connectivity index (χ3v) is 3.81. The van der Waals surface area contributed by atoms with E-state index in [0.29, 0.717) is 22.5 Å². The molecule has 0 saturated carbocycles. The average molecular weight is 326 g/mol. The van der Waals surface area contributed by atoms with Gasteiger partial charge < -0.3 is 15.0 Å². The predicted molar refractivity (Wildman–Crippen MR) is 88.7 cm³/mol. The number of rotatable bonds is 3. The molecule has 2 aromatic carbocycles. The molecule has 1 amide bonds. The highest BCUT2D eigenvalue weighted by Crippen LogP contribution is 2.23. The van der Waals surface area contributed by atoms with Gasteiger partial charge in [0.25, 0.3) is 5.91 Å². The lowest BCUT2D eigenvalue weighted by molar-refractivity contribution is 0.0600. The van der Waals surface area contributed by atoms with Crippen molar-refractivity contribution in [3.05, 3.63) is 65.1 Å². The van der Waals surface area contributed by atoms with Crippen LogP contribution >= 0.6 is 0 Å². The molecule has 0 bridgehead atoms. The zero-order valence-electron chi connectivity index (χ0n) is 13.1. The summed E-state index contributed by atoms with van der Waals surface area (Å²) in [5.41, 5.74) is 2.62. The Bertz CT molecular complexity index is 929. The SMILES string of the molecule is COC(=O)c1ccc(NC(=O)c2[nH]c3cc(F)ccc3c2C)cc1. The molecule has 24 heavy (non-hydrogen) atoms. The Morgan fingerprint density at radius 1 is 1.12 bits per heavy atom. The topological polar surface area (TPSA) is 71.2 Å². The molecular formula is C18H15FN2O3. The number of benzene rings is 2. The van der Waals surface area contributed by atoms with Crippen LogP contribution in [0.25, 0.3) is 10.9 Å². The van der Waals surface area contributed by atoms with E-state index in [9.17, 15) is 14.0 Å². The summed E-state index contributed by atoms with van der Waals surface area (Å²) in [6, 6.07) is 10.7. The minimum atomic E-state index is -0.443. The lowest BCUT2D eigenvalue weighted by atomic mass is 10.1. The van der Waals surface area contributed by atoms with Gasteiger partial charge in [-0.05, 0) is 55.0 Å². The molecule has 1 aromatic heterocycles. The first-order valence-corrected chi connectivity index (χ1v) is 7.27. The Morgan fingerprint density at radius 3 is 2.50 bits per heavy atom. The minimum Gasteiger partial charge on any atom is -0.465 e. The lowest BCUT2D eigenvalue weighted by Gasteiger charge is -2.06. The average Bonchev–Trinajstić information content (AvgIpc) is 2.91. The fraction of sp³-hybridized carbons (Fsp3) is 0.111. The molecule has 0 unspecified atom stereocenters. The van der Waals surface area contributed by atoms with Crippen LogP contribution in [0.4, 0.5) is 10.1 Å². The molecule has 0 radical (unpaired) electrons. The summed E-state index contributed by atoms with van der Waals surface area (Å²) in [5.74, 6) is -1.15. The summed E-state index contributed by atoms with van der Waals surface area (Å²) in [6.07, 6.45) is 0. The summed E-state index contributed by atoms with van der Waals surface area (Å²) in [5, 5.41) is 3.54. The van der Waals surface area contributed by atoms with Crippen LogP contribution in [0.15, 0.2) is 42.5 Å². The summed E-state index contributed by atoms with van der Waals surface area (Å²) < 4.78 is 17.9. The van der Waals surface area contributed by atoms with Crippen molar-refractivity contribution in [1.29, 1.82) is 0 Å². The maximum atomic E-state index is 13.3. The molecule has 0 atom stereocenters. The van der Waals surface area contributed by atoms with Gasteiger partial charge in [0.15, 0.2) is 0 Å². The summed E-state index contributed by atoms with van der Waals surface area (Å²) >= 11 is 0. The Hall–Kier alpha value is -3.15. The van der Waals surface area contributed by atoms with Crippen LogP contribution < -0.4 is 5.32 Å².